The third-order valence-electron chi connectivity index (χ3n) is 4.06. The number of rotatable bonds is 5. The van der Waals surface area contributed by atoms with E-state index in [1.807, 2.05) is 0 Å². The van der Waals surface area contributed by atoms with Crippen molar-refractivity contribution in [2.45, 2.75) is 19.6 Å². The van der Waals surface area contributed by atoms with E-state index in [9.17, 15) is 13.6 Å². The molecule has 0 spiro atoms. The lowest BCUT2D eigenvalue weighted by atomic mass is 9.94. The molecule has 3 N–H and O–H groups in total. The minimum Gasteiger partial charge on any atom is -0.434 e. The number of benzene rings is 2. The Bertz CT molecular complexity index is 935. The van der Waals surface area contributed by atoms with Crippen molar-refractivity contribution in [3.63, 3.8) is 0 Å². The number of thiocarbonyl (C=S) groups is 1. The topological polar surface area (TPSA) is 62.4 Å². The van der Waals surface area contributed by atoms with Crippen LogP contribution in [0, 0.1) is 0 Å². The largest absolute Gasteiger partial charge is 0.434 e. The molecule has 1 amide bonds. The summed E-state index contributed by atoms with van der Waals surface area (Å²) in [6.45, 7) is -1.28. The van der Waals surface area contributed by atoms with Gasteiger partial charge in [-0.1, -0.05) is 34.1 Å². The third kappa shape index (κ3) is 4.66. The second-order valence-corrected chi connectivity index (χ2v) is 7.27. The summed E-state index contributed by atoms with van der Waals surface area (Å²) in [5, 5.41) is 8.98. The Balaban J connectivity index is 1.97. The number of anilines is 1. The molecular formula is C19H16BrF2N3O2S. The highest BCUT2D eigenvalue weighted by Gasteiger charge is 2.32. The maximum absolute atomic E-state index is 13.0. The Labute approximate surface area is 174 Å². The Morgan fingerprint density at radius 2 is 1.89 bits per heavy atom. The predicted molar refractivity (Wildman–Crippen MR) is 110 cm³/mol. The van der Waals surface area contributed by atoms with Crippen molar-refractivity contribution < 1.29 is 18.3 Å². The van der Waals surface area contributed by atoms with E-state index in [2.05, 4.69) is 36.6 Å². The summed E-state index contributed by atoms with van der Waals surface area (Å²) in [4.78, 5) is 13.0. The zero-order valence-corrected chi connectivity index (χ0v) is 17.0. The van der Waals surface area contributed by atoms with Gasteiger partial charge >= 0.3 is 6.61 Å². The average molecular weight is 468 g/mol. The molecule has 0 unspecified atom stereocenters. The minimum atomic E-state index is -2.99. The smallest absolute Gasteiger partial charge is 0.387 e. The zero-order valence-electron chi connectivity index (χ0n) is 14.6. The van der Waals surface area contributed by atoms with Crippen LogP contribution in [0.4, 0.5) is 14.5 Å². The number of carbonyl (C=O) groups is 1. The van der Waals surface area contributed by atoms with Crippen LogP contribution in [-0.4, -0.2) is 17.6 Å². The second kappa shape index (κ2) is 8.66. The van der Waals surface area contributed by atoms with Crippen molar-refractivity contribution in [2.24, 2.45) is 0 Å². The van der Waals surface area contributed by atoms with Crippen LogP contribution in [0.1, 0.15) is 18.5 Å². The quantitative estimate of drug-likeness (QED) is 0.565. The molecule has 0 radical (unpaired) electrons. The number of allylic oxidation sites excluding steroid dienone is 1. The van der Waals surface area contributed by atoms with Gasteiger partial charge in [-0.15, -0.1) is 0 Å². The first-order valence-corrected chi connectivity index (χ1v) is 9.44. The summed E-state index contributed by atoms with van der Waals surface area (Å²) in [6.07, 6.45) is 0. The zero-order chi connectivity index (χ0) is 20.3. The predicted octanol–water partition coefficient (Wildman–Crippen LogP) is 4.48. The van der Waals surface area contributed by atoms with E-state index in [0.29, 0.717) is 22.5 Å². The number of amides is 1. The molecule has 0 bridgehead atoms. The van der Waals surface area contributed by atoms with Gasteiger partial charge in [-0.2, -0.15) is 8.78 Å². The van der Waals surface area contributed by atoms with Crippen molar-refractivity contribution in [1.82, 2.24) is 10.6 Å². The Hall–Kier alpha value is -2.52. The highest BCUT2D eigenvalue weighted by Crippen LogP contribution is 2.34. The minimum absolute atomic E-state index is 0.0264. The summed E-state index contributed by atoms with van der Waals surface area (Å²) in [5.41, 5.74) is 1.82. The van der Waals surface area contributed by atoms with E-state index in [4.69, 9.17) is 12.2 Å². The lowest BCUT2D eigenvalue weighted by Crippen LogP contribution is -2.45. The highest BCUT2D eigenvalue weighted by atomic mass is 79.9. The van der Waals surface area contributed by atoms with Crippen LogP contribution in [-0.2, 0) is 4.79 Å². The van der Waals surface area contributed by atoms with Crippen molar-refractivity contribution in [2.75, 3.05) is 5.32 Å². The fourth-order valence-corrected chi connectivity index (χ4v) is 3.42. The Morgan fingerprint density at radius 3 is 2.57 bits per heavy atom. The first-order valence-electron chi connectivity index (χ1n) is 8.24. The molecule has 1 atom stereocenters. The highest BCUT2D eigenvalue weighted by molar-refractivity contribution is 9.10. The maximum Gasteiger partial charge on any atom is 0.387 e. The molecule has 1 aliphatic heterocycles. The first-order chi connectivity index (χ1) is 13.3. The molecular weight excluding hydrogens is 452 g/mol. The fourth-order valence-electron chi connectivity index (χ4n) is 2.88. The van der Waals surface area contributed by atoms with Gasteiger partial charge in [0.1, 0.15) is 5.75 Å². The van der Waals surface area contributed by atoms with Gasteiger partial charge in [0.25, 0.3) is 5.91 Å². The summed E-state index contributed by atoms with van der Waals surface area (Å²) < 4.78 is 31.2. The van der Waals surface area contributed by atoms with Crippen LogP contribution in [0.2, 0.25) is 0 Å². The van der Waals surface area contributed by atoms with Gasteiger partial charge in [-0.25, -0.2) is 0 Å². The monoisotopic (exact) mass is 467 g/mol. The number of carbonyl (C=O) groups excluding carboxylic acids is 1. The van der Waals surface area contributed by atoms with Crippen molar-refractivity contribution in [1.29, 1.82) is 0 Å². The number of hydrogen-bond acceptors (Lipinski definition) is 3. The SMILES string of the molecule is CC1=C(C(=O)Nc2ccc(Br)cc2)[C@@H](c2ccccc2OC(F)F)NC(=S)N1. The van der Waals surface area contributed by atoms with Crippen LogP contribution in [0.5, 0.6) is 5.75 Å². The molecule has 0 aliphatic carbocycles. The average Bonchev–Trinajstić information content (AvgIpc) is 2.63. The normalized spacial score (nSPS) is 16.5. The number of hydrogen-bond donors (Lipinski definition) is 3. The molecule has 0 saturated carbocycles. The standard InChI is InChI=1S/C19H16BrF2N3O2S/c1-10-15(17(26)24-12-8-6-11(20)7-9-12)16(25-19(28)23-10)13-4-2-3-5-14(13)27-18(21)22/h2-9,16,18H,1H3,(H,24,26)(H2,23,25,28)/t16-/m1/s1. The summed E-state index contributed by atoms with van der Waals surface area (Å²) in [6, 6.07) is 12.6. The summed E-state index contributed by atoms with van der Waals surface area (Å²) >= 11 is 8.53. The van der Waals surface area contributed by atoms with E-state index in [-0.39, 0.29) is 16.8 Å². The first kappa shape index (κ1) is 20.2. The van der Waals surface area contributed by atoms with Crippen LogP contribution in [0.15, 0.2) is 64.3 Å². The van der Waals surface area contributed by atoms with Gasteiger partial charge in [0.15, 0.2) is 5.11 Å². The number of halogens is 3. The molecule has 1 heterocycles. The molecule has 2 aromatic rings. The molecule has 0 fully saturated rings. The summed E-state index contributed by atoms with van der Waals surface area (Å²) in [7, 11) is 0. The Kier molecular flexibility index (Phi) is 6.25. The van der Waals surface area contributed by atoms with E-state index in [1.54, 1.807) is 49.4 Å². The van der Waals surface area contributed by atoms with Gasteiger partial charge in [0.2, 0.25) is 0 Å². The molecule has 0 saturated heterocycles. The van der Waals surface area contributed by atoms with Crippen LogP contribution < -0.4 is 20.7 Å². The molecule has 146 valence electrons. The molecule has 0 aromatic heterocycles. The molecule has 1 aliphatic rings. The van der Waals surface area contributed by atoms with Gasteiger partial charge in [-0.05, 0) is 49.5 Å². The second-order valence-electron chi connectivity index (χ2n) is 5.95. The molecule has 28 heavy (non-hydrogen) atoms. The maximum atomic E-state index is 13.0. The number of alkyl halides is 2. The lowest BCUT2D eigenvalue weighted by Gasteiger charge is -2.31. The molecule has 2 aromatic carbocycles. The van der Waals surface area contributed by atoms with Gasteiger partial charge in [-0.3, -0.25) is 4.79 Å². The van der Waals surface area contributed by atoms with Gasteiger partial charge < -0.3 is 20.7 Å². The number of nitrogens with one attached hydrogen (secondary N) is 3. The lowest BCUT2D eigenvalue weighted by molar-refractivity contribution is -0.113. The van der Waals surface area contributed by atoms with Crippen molar-refractivity contribution in [3.05, 3.63) is 69.8 Å². The number of para-hydroxylation sites is 1. The van der Waals surface area contributed by atoms with E-state index < -0.39 is 12.7 Å². The van der Waals surface area contributed by atoms with Crippen LogP contribution >= 0.6 is 28.1 Å². The molecule has 9 heteroatoms. The fraction of sp³-hybridized carbons (Fsp3) is 0.158. The van der Waals surface area contributed by atoms with Crippen molar-refractivity contribution >= 4 is 44.9 Å². The van der Waals surface area contributed by atoms with E-state index >= 15 is 0 Å². The van der Waals surface area contributed by atoms with Gasteiger partial charge in [0, 0.05) is 21.4 Å². The molecule has 3 rings (SSSR count). The summed E-state index contributed by atoms with van der Waals surface area (Å²) in [5.74, 6) is -0.416. The van der Waals surface area contributed by atoms with Crippen LogP contribution in [0.3, 0.4) is 0 Å². The van der Waals surface area contributed by atoms with Crippen molar-refractivity contribution in [3.8, 4) is 5.75 Å². The third-order valence-corrected chi connectivity index (χ3v) is 4.81. The van der Waals surface area contributed by atoms with Crippen LogP contribution in [0.25, 0.3) is 0 Å². The van der Waals surface area contributed by atoms with Gasteiger partial charge in [0.05, 0.1) is 11.6 Å². The van der Waals surface area contributed by atoms with E-state index in [0.717, 1.165) is 4.47 Å². The van der Waals surface area contributed by atoms with E-state index in [1.165, 1.54) is 6.07 Å². The number of ether oxygens (including phenoxy) is 1. The molecule has 5 nitrogen and oxygen atoms in total. The Morgan fingerprint density at radius 1 is 1.21 bits per heavy atom.